The Morgan fingerprint density at radius 3 is 2.75 bits per heavy atom. The summed E-state index contributed by atoms with van der Waals surface area (Å²) in [6.45, 7) is 1.70. The van der Waals surface area contributed by atoms with E-state index < -0.39 is 13.0 Å². The molecule has 0 aromatic heterocycles. The number of halogens is 2. The fourth-order valence-corrected chi connectivity index (χ4v) is 3.23. The third-order valence-corrected chi connectivity index (χ3v) is 3.96. The van der Waals surface area contributed by atoms with E-state index in [4.69, 9.17) is 4.74 Å². The van der Waals surface area contributed by atoms with Crippen LogP contribution in [0.1, 0.15) is 25.7 Å². The maximum Gasteiger partial charge on any atom is 0.261 e. The Labute approximate surface area is 95.7 Å². The predicted octanol–water partition coefficient (Wildman–Crippen LogP) is 2.29. The van der Waals surface area contributed by atoms with Crippen LogP contribution in [0.5, 0.6) is 0 Å². The maximum absolute atomic E-state index is 11.7. The van der Waals surface area contributed by atoms with E-state index in [1.54, 1.807) is 0 Å². The Balaban J connectivity index is 1.46. The molecule has 0 saturated heterocycles. The van der Waals surface area contributed by atoms with Gasteiger partial charge in [0.1, 0.15) is 6.61 Å². The number of ether oxygens (including phenoxy) is 1. The molecule has 3 unspecified atom stereocenters. The molecule has 4 heteroatoms. The van der Waals surface area contributed by atoms with Crippen molar-refractivity contribution in [3.8, 4) is 0 Å². The van der Waals surface area contributed by atoms with Crippen LogP contribution in [0.2, 0.25) is 0 Å². The van der Waals surface area contributed by atoms with Crippen LogP contribution in [0, 0.1) is 17.8 Å². The van der Waals surface area contributed by atoms with E-state index in [2.05, 4.69) is 5.32 Å². The molecule has 2 bridgehead atoms. The molecule has 0 aromatic carbocycles. The molecular weight excluding hydrogens is 212 g/mol. The van der Waals surface area contributed by atoms with Crippen molar-refractivity contribution in [3.63, 3.8) is 0 Å². The van der Waals surface area contributed by atoms with Crippen molar-refractivity contribution in [2.24, 2.45) is 17.8 Å². The summed E-state index contributed by atoms with van der Waals surface area (Å²) in [6.07, 6.45) is 3.28. The van der Waals surface area contributed by atoms with Crippen LogP contribution in [0.25, 0.3) is 0 Å². The Bertz CT molecular complexity index is 213. The summed E-state index contributed by atoms with van der Waals surface area (Å²) in [4.78, 5) is 0. The zero-order chi connectivity index (χ0) is 11.4. The first-order valence-corrected chi connectivity index (χ1v) is 6.32. The van der Waals surface area contributed by atoms with Gasteiger partial charge in [-0.15, -0.1) is 0 Å². The van der Waals surface area contributed by atoms with Gasteiger partial charge in [-0.05, 0) is 43.6 Å². The van der Waals surface area contributed by atoms with Gasteiger partial charge in [-0.25, -0.2) is 8.78 Å². The van der Waals surface area contributed by atoms with Crippen molar-refractivity contribution in [2.75, 3.05) is 26.3 Å². The second kappa shape index (κ2) is 5.92. The molecule has 2 nitrogen and oxygen atoms in total. The third-order valence-electron chi connectivity index (χ3n) is 3.96. The van der Waals surface area contributed by atoms with Gasteiger partial charge in [0.15, 0.2) is 0 Å². The van der Waals surface area contributed by atoms with Gasteiger partial charge >= 0.3 is 0 Å². The highest BCUT2D eigenvalue weighted by Gasteiger charge is 2.38. The molecule has 2 aliphatic carbocycles. The molecule has 2 saturated carbocycles. The summed E-state index contributed by atoms with van der Waals surface area (Å²) in [6, 6.07) is 0. The SMILES string of the molecule is FC(F)COCCNCC1CC2CCC1C2. The quantitative estimate of drug-likeness (QED) is 0.681. The zero-order valence-electron chi connectivity index (χ0n) is 9.63. The average molecular weight is 233 g/mol. The van der Waals surface area contributed by atoms with Crippen molar-refractivity contribution in [2.45, 2.75) is 32.1 Å². The molecule has 3 atom stereocenters. The van der Waals surface area contributed by atoms with Crippen LogP contribution >= 0.6 is 0 Å². The number of rotatable bonds is 7. The standard InChI is InChI=1S/C12H21F2NO/c13-12(14)8-16-4-3-15-7-11-6-9-1-2-10(11)5-9/h9-12,15H,1-8H2. The molecule has 0 spiro atoms. The first kappa shape index (κ1) is 12.2. The highest BCUT2D eigenvalue weighted by molar-refractivity contribution is 4.90. The fourth-order valence-electron chi connectivity index (χ4n) is 3.23. The van der Waals surface area contributed by atoms with E-state index in [-0.39, 0.29) is 0 Å². The van der Waals surface area contributed by atoms with Gasteiger partial charge in [-0.2, -0.15) is 0 Å². The van der Waals surface area contributed by atoms with Crippen LogP contribution in [0.15, 0.2) is 0 Å². The van der Waals surface area contributed by atoms with Gasteiger partial charge < -0.3 is 10.1 Å². The summed E-state index contributed by atoms with van der Waals surface area (Å²) in [5.41, 5.74) is 0. The van der Waals surface area contributed by atoms with Gasteiger partial charge in [-0.1, -0.05) is 6.42 Å². The van der Waals surface area contributed by atoms with E-state index in [0.29, 0.717) is 13.2 Å². The Kier molecular flexibility index (Phi) is 4.53. The smallest absolute Gasteiger partial charge is 0.261 e. The summed E-state index contributed by atoms with van der Waals surface area (Å²) in [5, 5.41) is 3.32. The van der Waals surface area contributed by atoms with Gasteiger partial charge in [0, 0.05) is 6.54 Å². The van der Waals surface area contributed by atoms with Crippen molar-refractivity contribution in [1.29, 1.82) is 0 Å². The maximum atomic E-state index is 11.7. The molecule has 2 rings (SSSR count). The van der Waals surface area contributed by atoms with E-state index in [9.17, 15) is 8.78 Å². The van der Waals surface area contributed by atoms with Crippen molar-refractivity contribution < 1.29 is 13.5 Å². The fraction of sp³-hybridized carbons (Fsp3) is 1.00. The topological polar surface area (TPSA) is 21.3 Å². The zero-order valence-corrected chi connectivity index (χ0v) is 9.63. The van der Waals surface area contributed by atoms with Crippen LogP contribution in [-0.2, 0) is 4.74 Å². The third kappa shape index (κ3) is 3.39. The Morgan fingerprint density at radius 1 is 1.25 bits per heavy atom. The van der Waals surface area contributed by atoms with Crippen molar-refractivity contribution in [1.82, 2.24) is 5.32 Å². The largest absolute Gasteiger partial charge is 0.374 e. The molecule has 0 amide bonds. The van der Waals surface area contributed by atoms with E-state index in [0.717, 1.165) is 24.3 Å². The lowest BCUT2D eigenvalue weighted by Gasteiger charge is -2.21. The molecule has 2 aliphatic rings. The van der Waals surface area contributed by atoms with Crippen LogP contribution in [0.4, 0.5) is 8.78 Å². The molecule has 2 fully saturated rings. The molecule has 94 valence electrons. The summed E-state index contributed by atoms with van der Waals surface area (Å²) >= 11 is 0. The minimum absolute atomic E-state index is 0.394. The van der Waals surface area contributed by atoms with Crippen LogP contribution < -0.4 is 5.32 Å². The monoisotopic (exact) mass is 233 g/mol. The van der Waals surface area contributed by atoms with Gasteiger partial charge in [0.05, 0.1) is 6.61 Å². The first-order valence-electron chi connectivity index (χ1n) is 6.32. The lowest BCUT2D eigenvalue weighted by molar-refractivity contribution is 0.0185. The summed E-state index contributed by atoms with van der Waals surface area (Å²) in [7, 11) is 0. The van der Waals surface area contributed by atoms with E-state index >= 15 is 0 Å². The second-order valence-electron chi connectivity index (χ2n) is 5.11. The molecule has 0 radical (unpaired) electrons. The Hall–Kier alpha value is -0.220. The predicted molar refractivity (Wildman–Crippen MR) is 58.6 cm³/mol. The number of nitrogens with one attached hydrogen (secondary N) is 1. The summed E-state index contributed by atoms with van der Waals surface area (Å²) in [5.74, 6) is 2.74. The molecule has 0 aromatic rings. The lowest BCUT2D eigenvalue weighted by atomic mass is 9.89. The van der Waals surface area contributed by atoms with Gasteiger partial charge in [-0.3, -0.25) is 0 Å². The Morgan fingerprint density at radius 2 is 2.12 bits per heavy atom. The minimum atomic E-state index is -2.34. The van der Waals surface area contributed by atoms with Crippen molar-refractivity contribution >= 4 is 0 Å². The lowest BCUT2D eigenvalue weighted by Crippen LogP contribution is -2.29. The second-order valence-corrected chi connectivity index (χ2v) is 5.11. The van der Waals surface area contributed by atoms with Crippen LogP contribution in [-0.4, -0.2) is 32.7 Å². The molecule has 0 aliphatic heterocycles. The number of fused-ring (bicyclic) bond motifs is 2. The highest BCUT2D eigenvalue weighted by Crippen LogP contribution is 2.47. The number of hydrogen-bond acceptors (Lipinski definition) is 2. The molecule has 0 heterocycles. The summed E-state index contributed by atoms with van der Waals surface area (Å²) < 4.78 is 28.3. The average Bonchev–Trinajstić information content (AvgIpc) is 2.84. The van der Waals surface area contributed by atoms with Gasteiger partial charge in [0.25, 0.3) is 6.43 Å². The van der Waals surface area contributed by atoms with E-state index in [1.807, 2.05) is 0 Å². The van der Waals surface area contributed by atoms with Crippen LogP contribution in [0.3, 0.4) is 0 Å². The van der Waals surface area contributed by atoms with Gasteiger partial charge in [0.2, 0.25) is 0 Å². The van der Waals surface area contributed by atoms with E-state index in [1.165, 1.54) is 25.7 Å². The highest BCUT2D eigenvalue weighted by atomic mass is 19.3. The molecular formula is C12H21F2NO. The van der Waals surface area contributed by atoms with Crippen molar-refractivity contribution in [3.05, 3.63) is 0 Å². The molecule has 16 heavy (non-hydrogen) atoms. The first-order chi connectivity index (χ1) is 7.75. The number of hydrogen-bond donors (Lipinski definition) is 1. The normalized spacial score (nSPS) is 32.8. The number of alkyl halides is 2. The molecule has 1 N–H and O–H groups in total. The minimum Gasteiger partial charge on any atom is -0.374 e.